The van der Waals surface area contributed by atoms with Crippen LogP contribution in [0.25, 0.3) is 10.9 Å². The predicted molar refractivity (Wildman–Crippen MR) is 75.5 cm³/mol. The number of benzene rings is 1. The molecule has 2 rings (SSSR count). The molecule has 2 aromatic rings. The van der Waals surface area contributed by atoms with E-state index in [1.807, 2.05) is 13.0 Å². The van der Waals surface area contributed by atoms with Crippen LogP contribution in [0.5, 0.6) is 0 Å². The van der Waals surface area contributed by atoms with Crippen LogP contribution >= 0.6 is 0 Å². The van der Waals surface area contributed by atoms with Gasteiger partial charge in [0, 0.05) is 18.5 Å². The Balaban J connectivity index is 2.20. The number of hydrogen-bond acceptors (Lipinski definition) is 4. The summed E-state index contributed by atoms with van der Waals surface area (Å²) in [5.74, 6) is -0.171. The van der Waals surface area contributed by atoms with E-state index in [4.69, 9.17) is 4.74 Å². The molecule has 1 aromatic carbocycles. The third kappa shape index (κ3) is 3.21. The molecule has 0 fully saturated rings. The average Bonchev–Trinajstić information content (AvgIpc) is 2.42. The Bertz CT molecular complexity index is 666. The third-order valence-electron chi connectivity index (χ3n) is 2.88. The number of amides is 1. The number of carbonyl (C=O) groups is 1. The van der Waals surface area contributed by atoms with Crippen LogP contribution in [0.3, 0.4) is 0 Å². The second kappa shape index (κ2) is 6.29. The molecular weight excluding hydrogens is 258 g/mol. The Labute approximate surface area is 116 Å². The monoisotopic (exact) mass is 275 g/mol. The minimum Gasteiger partial charge on any atom is -0.383 e. The molecule has 0 radical (unpaired) electrons. The number of ether oxygens (including phenoxy) is 1. The van der Waals surface area contributed by atoms with Gasteiger partial charge < -0.3 is 10.1 Å². The lowest BCUT2D eigenvalue weighted by Gasteiger charge is -2.14. The molecule has 0 saturated carbocycles. The minimum atomic E-state index is -0.171. The largest absolute Gasteiger partial charge is 0.383 e. The highest BCUT2D eigenvalue weighted by molar-refractivity contribution is 5.81. The second-order valence-electron chi connectivity index (χ2n) is 4.61. The van der Waals surface area contributed by atoms with Crippen molar-refractivity contribution in [3.63, 3.8) is 0 Å². The summed E-state index contributed by atoms with van der Waals surface area (Å²) in [6.07, 6.45) is 1.23. The number of para-hydroxylation sites is 1. The molecule has 106 valence electrons. The zero-order valence-corrected chi connectivity index (χ0v) is 11.5. The van der Waals surface area contributed by atoms with E-state index < -0.39 is 0 Å². The Hall–Kier alpha value is -2.21. The molecule has 1 heterocycles. The molecule has 0 aliphatic rings. The van der Waals surface area contributed by atoms with Gasteiger partial charge in [-0.05, 0) is 19.1 Å². The van der Waals surface area contributed by atoms with Gasteiger partial charge >= 0.3 is 0 Å². The van der Waals surface area contributed by atoms with E-state index in [1.54, 1.807) is 25.3 Å². The molecule has 1 N–H and O–H groups in total. The van der Waals surface area contributed by atoms with Gasteiger partial charge in [-0.15, -0.1) is 0 Å². The number of fused-ring (bicyclic) bond motifs is 1. The summed E-state index contributed by atoms with van der Waals surface area (Å²) in [5, 5.41) is 7.37. The molecule has 1 amide bonds. The van der Waals surface area contributed by atoms with Gasteiger partial charge in [-0.1, -0.05) is 12.1 Å². The van der Waals surface area contributed by atoms with E-state index in [2.05, 4.69) is 10.4 Å². The van der Waals surface area contributed by atoms with Gasteiger partial charge in [0.2, 0.25) is 11.3 Å². The van der Waals surface area contributed by atoms with Crippen molar-refractivity contribution in [2.75, 3.05) is 13.7 Å². The van der Waals surface area contributed by atoms with Crippen LogP contribution in [0.4, 0.5) is 0 Å². The van der Waals surface area contributed by atoms with E-state index >= 15 is 0 Å². The van der Waals surface area contributed by atoms with Gasteiger partial charge in [-0.3, -0.25) is 14.3 Å². The zero-order chi connectivity index (χ0) is 14.5. The fraction of sp³-hybridized carbons (Fsp3) is 0.357. The first kappa shape index (κ1) is 14.2. The number of rotatable bonds is 5. The van der Waals surface area contributed by atoms with Crippen LogP contribution in [-0.4, -0.2) is 35.4 Å². The molecule has 1 atom stereocenters. The Morgan fingerprint density at radius 1 is 1.45 bits per heavy atom. The van der Waals surface area contributed by atoms with E-state index in [0.29, 0.717) is 17.5 Å². The Morgan fingerprint density at radius 2 is 2.20 bits per heavy atom. The van der Waals surface area contributed by atoms with Crippen molar-refractivity contribution in [3.8, 4) is 0 Å². The van der Waals surface area contributed by atoms with Gasteiger partial charge in [0.25, 0.3) is 0 Å². The van der Waals surface area contributed by atoms with E-state index in [-0.39, 0.29) is 23.9 Å². The topological polar surface area (TPSA) is 73.2 Å². The van der Waals surface area contributed by atoms with Crippen LogP contribution < -0.4 is 10.7 Å². The number of nitrogens with zero attached hydrogens (tertiary/aromatic N) is 2. The maximum atomic E-state index is 11.9. The van der Waals surface area contributed by atoms with Crippen LogP contribution in [0.2, 0.25) is 0 Å². The van der Waals surface area contributed by atoms with Crippen molar-refractivity contribution in [2.45, 2.75) is 19.5 Å². The standard InChI is InChI=1S/C14H17N3O3/c1-10(9-20-2)16-14(19)8-17-12-6-4-3-5-11(12)13(18)7-15-17/h3-7,10H,8-9H2,1-2H3,(H,16,19)/t10-/m1/s1. The maximum Gasteiger partial charge on any atom is 0.242 e. The van der Waals surface area contributed by atoms with Crippen molar-refractivity contribution < 1.29 is 9.53 Å². The summed E-state index contributed by atoms with van der Waals surface area (Å²) in [6, 6.07) is 7.02. The highest BCUT2D eigenvalue weighted by Gasteiger charge is 2.10. The van der Waals surface area contributed by atoms with Crippen molar-refractivity contribution in [1.82, 2.24) is 15.1 Å². The number of hydrogen-bond donors (Lipinski definition) is 1. The minimum absolute atomic E-state index is 0.0643. The van der Waals surface area contributed by atoms with Gasteiger partial charge in [-0.2, -0.15) is 5.10 Å². The second-order valence-corrected chi connectivity index (χ2v) is 4.61. The normalized spacial score (nSPS) is 12.3. The van der Waals surface area contributed by atoms with Crippen molar-refractivity contribution in [3.05, 3.63) is 40.7 Å². The van der Waals surface area contributed by atoms with Gasteiger partial charge in [0.15, 0.2) is 0 Å². The molecule has 20 heavy (non-hydrogen) atoms. The Morgan fingerprint density at radius 3 is 2.95 bits per heavy atom. The summed E-state index contributed by atoms with van der Waals surface area (Å²) < 4.78 is 6.48. The fourth-order valence-electron chi connectivity index (χ4n) is 2.04. The number of nitrogens with one attached hydrogen (secondary N) is 1. The molecule has 0 aliphatic heterocycles. The molecule has 0 saturated heterocycles. The van der Waals surface area contributed by atoms with Crippen LogP contribution in [-0.2, 0) is 16.1 Å². The highest BCUT2D eigenvalue weighted by Crippen LogP contribution is 2.07. The number of aromatic nitrogens is 2. The average molecular weight is 275 g/mol. The molecular formula is C14H17N3O3. The summed E-state index contributed by atoms with van der Waals surface area (Å²) in [6.45, 7) is 2.37. The van der Waals surface area contributed by atoms with Crippen LogP contribution in [0.15, 0.2) is 35.3 Å². The lowest BCUT2D eigenvalue weighted by atomic mass is 10.2. The zero-order valence-electron chi connectivity index (χ0n) is 11.5. The lowest BCUT2D eigenvalue weighted by molar-refractivity contribution is -0.122. The number of methoxy groups -OCH3 is 1. The first-order valence-corrected chi connectivity index (χ1v) is 6.35. The summed E-state index contributed by atoms with van der Waals surface area (Å²) in [4.78, 5) is 23.6. The van der Waals surface area contributed by atoms with Crippen LogP contribution in [0, 0.1) is 0 Å². The van der Waals surface area contributed by atoms with Crippen molar-refractivity contribution in [2.24, 2.45) is 0 Å². The van der Waals surface area contributed by atoms with Crippen LogP contribution in [0.1, 0.15) is 6.92 Å². The summed E-state index contributed by atoms with van der Waals surface area (Å²) in [5.41, 5.74) is 0.500. The molecule has 6 heteroatoms. The van der Waals surface area contributed by atoms with Gasteiger partial charge in [-0.25, -0.2) is 0 Å². The SMILES string of the molecule is COC[C@@H](C)NC(=O)Cn1ncc(=O)c2ccccc21. The smallest absolute Gasteiger partial charge is 0.242 e. The maximum absolute atomic E-state index is 11.9. The van der Waals surface area contributed by atoms with E-state index in [1.165, 1.54) is 10.9 Å². The molecule has 0 aliphatic carbocycles. The quantitative estimate of drug-likeness (QED) is 0.864. The Kier molecular flexibility index (Phi) is 4.47. The van der Waals surface area contributed by atoms with E-state index in [9.17, 15) is 9.59 Å². The molecule has 6 nitrogen and oxygen atoms in total. The lowest BCUT2D eigenvalue weighted by Crippen LogP contribution is -2.38. The van der Waals surface area contributed by atoms with Crippen molar-refractivity contribution >= 4 is 16.8 Å². The molecule has 0 unspecified atom stereocenters. The third-order valence-corrected chi connectivity index (χ3v) is 2.88. The highest BCUT2D eigenvalue weighted by atomic mass is 16.5. The number of carbonyl (C=O) groups excluding carboxylic acids is 1. The first-order chi connectivity index (χ1) is 9.61. The molecule has 0 spiro atoms. The van der Waals surface area contributed by atoms with E-state index in [0.717, 1.165) is 0 Å². The predicted octanol–water partition coefficient (Wildman–Crippen LogP) is 0.548. The molecule has 1 aromatic heterocycles. The van der Waals surface area contributed by atoms with Gasteiger partial charge in [0.1, 0.15) is 6.54 Å². The first-order valence-electron chi connectivity index (χ1n) is 6.35. The van der Waals surface area contributed by atoms with Gasteiger partial charge in [0.05, 0.1) is 18.3 Å². The fourth-order valence-corrected chi connectivity index (χ4v) is 2.04. The molecule has 0 bridgehead atoms. The summed E-state index contributed by atoms with van der Waals surface area (Å²) >= 11 is 0. The van der Waals surface area contributed by atoms with Crippen molar-refractivity contribution in [1.29, 1.82) is 0 Å². The summed E-state index contributed by atoms with van der Waals surface area (Å²) in [7, 11) is 1.58.